The van der Waals surface area contributed by atoms with Crippen molar-refractivity contribution in [1.29, 1.82) is 0 Å². The van der Waals surface area contributed by atoms with Crippen molar-refractivity contribution in [3.05, 3.63) is 53.7 Å². The lowest BCUT2D eigenvalue weighted by molar-refractivity contribution is 0.0950. The highest BCUT2D eigenvalue weighted by Gasteiger charge is 2.35. The van der Waals surface area contributed by atoms with Gasteiger partial charge in [0.1, 0.15) is 34.2 Å². The molecule has 0 amide bonds. The van der Waals surface area contributed by atoms with E-state index in [1.54, 1.807) is 42.2 Å². The van der Waals surface area contributed by atoms with Crippen molar-refractivity contribution in [2.75, 3.05) is 26.1 Å². The second kappa shape index (κ2) is 10.7. The van der Waals surface area contributed by atoms with Crippen molar-refractivity contribution in [2.45, 2.75) is 18.3 Å². The number of benzene rings is 1. The van der Waals surface area contributed by atoms with Gasteiger partial charge in [0.2, 0.25) is 16.0 Å². The maximum Gasteiger partial charge on any atom is 0.243 e. The number of hydrogen-bond acceptors (Lipinski definition) is 10. The molecule has 0 aliphatic heterocycles. The molecule has 0 fully saturated rings. The highest BCUT2D eigenvalue weighted by molar-refractivity contribution is 7.93. The van der Waals surface area contributed by atoms with E-state index in [-0.39, 0.29) is 17.6 Å². The summed E-state index contributed by atoms with van der Waals surface area (Å²) in [6, 6.07) is 6.88. The topological polar surface area (TPSA) is 148 Å². The van der Waals surface area contributed by atoms with E-state index < -0.39 is 21.4 Å². The third-order valence-electron chi connectivity index (χ3n) is 5.53. The number of para-hydroxylation sites is 1. The van der Waals surface area contributed by atoms with Crippen molar-refractivity contribution in [3.63, 3.8) is 0 Å². The van der Waals surface area contributed by atoms with Gasteiger partial charge in [-0.3, -0.25) is 14.0 Å². The lowest BCUT2D eigenvalue weighted by Gasteiger charge is -2.22. The zero-order valence-corrected chi connectivity index (χ0v) is 22.2. The molecule has 4 rings (SSSR count). The van der Waals surface area contributed by atoms with Crippen molar-refractivity contribution in [3.8, 4) is 28.7 Å². The van der Waals surface area contributed by atoms with Crippen LogP contribution in [0.25, 0.3) is 17.2 Å². The first-order chi connectivity index (χ1) is 17.7. The summed E-state index contributed by atoms with van der Waals surface area (Å²) >= 11 is 5.87. The Kier molecular flexibility index (Phi) is 7.61. The second-order valence-electron chi connectivity index (χ2n) is 7.84. The van der Waals surface area contributed by atoms with Crippen LogP contribution in [0.2, 0.25) is 5.02 Å². The molecule has 2 atom stereocenters. The molecule has 15 heteroatoms. The molecule has 1 aromatic carbocycles. The number of aryl methyl sites for hydroxylation is 1. The summed E-state index contributed by atoms with van der Waals surface area (Å²) in [7, 11) is 1.97. The minimum atomic E-state index is -4.13. The van der Waals surface area contributed by atoms with Crippen LogP contribution in [0.4, 0.5) is 5.95 Å². The number of anilines is 1. The molecule has 13 nitrogen and oxygen atoms in total. The van der Waals surface area contributed by atoms with Crippen molar-refractivity contribution < 1.29 is 22.6 Å². The fourth-order valence-electron chi connectivity index (χ4n) is 3.67. The molecule has 4 aromatic rings. The normalized spacial score (nSPS) is 13.2. The molecule has 196 valence electrons. The number of sulfonamides is 1. The van der Waals surface area contributed by atoms with E-state index in [2.05, 4.69) is 30.0 Å². The molecule has 3 aromatic heterocycles. The van der Waals surface area contributed by atoms with Crippen LogP contribution in [0, 0.1) is 0 Å². The molecule has 0 saturated carbocycles. The Bertz CT molecular complexity index is 1470. The zero-order chi connectivity index (χ0) is 26.7. The number of methoxy groups -OCH3 is 3. The van der Waals surface area contributed by atoms with Crippen molar-refractivity contribution in [2.24, 2.45) is 7.05 Å². The van der Waals surface area contributed by atoms with Crippen LogP contribution in [-0.2, 0) is 21.8 Å². The number of rotatable bonds is 10. The molecule has 0 aliphatic carbocycles. The summed E-state index contributed by atoms with van der Waals surface area (Å²) in [5.41, 5.74) is 0.832. The highest BCUT2D eigenvalue weighted by Crippen LogP contribution is 2.37. The Morgan fingerprint density at radius 3 is 2.22 bits per heavy atom. The Labute approximate surface area is 218 Å². The van der Waals surface area contributed by atoms with Crippen LogP contribution in [0.1, 0.15) is 18.9 Å². The van der Waals surface area contributed by atoms with Crippen LogP contribution in [0.15, 0.2) is 42.9 Å². The van der Waals surface area contributed by atoms with Gasteiger partial charge in [-0.25, -0.2) is 18.4 Å². The number of aromatic nitrogens is 7. The van der Waals surface area contributed by atoms with E-state index in [9.17, 15) is 8.42 Å². The minimum Gasteiger partial charge on any atom is -0.494 e. The first-order valence-electron chi connectivity index (χ1n) is 10.9. The number of halogens is 1. The molecular formula is C22H25ClN8O5S. The SMILES string of the molecule is COc1cccc(OC)c1-n1c(NS(=O)(=O)C(C)C(OC)c2ncc(Cl)cn2)nnc1-c1ccn(C)n1. The average Bonchev–Trinajstić information content (AvgIpc) is 3.50. The maximum atomic E-state index is 13.5. The van der Waals surface area contributed by atoms with E-state index >= 15 is 0 Å². The summed E-state index contributed by atoms with van der Waals surface area (Å²) in [5.74, 6) is 1.11. The zero-order valence-electron chi connectivity index (χ0n) is 20.7. The fraction of sp³-hybridized carbons (Fsp3) is 0.318. The minimum absolute atomic E-state index is 0.109. The largest absolute Gasteiger partial charge is 0.494 e. The van der Waals surface area contributed by atoms with E-state index in [0.29, 0.717) is 27.9 Å². The predicted octanol–water partition coefficient (Wildman–Crippen LogP) is 2.65. The van der Waals surface area contributed by atoms with Crippen LogP contribution in [-0.4, -0.2) is 69.5 Å². The van der Waals surface area contributed by atoms with Gasteiger partial charge in [0.05, 0.1) is 19.2 Å². The predicted molar refractivity (Wildman–Crippen MR) is 135 cm³/mol. The Hall–Kier alpha value is -3.75. The summed E-state index contributed by atoms with van der Waals surface area (Å²) in [5, 5.41) is 11.9. The van der Waals surface area contributed by atoms with E-state index in [0.717, 1.165) is 0 Å². The summed E-state index contributed by atoms with van der Waals surface area (Å²) in [6.07, 6.45) is 3.47. The summed E-state index contributed by atoms with van der Waals surface area (Å²) < 4.78 is 49.3. The first-order valence-corrected chi connectivity index (χ1v) is 12.8. The molecule has 1 N–H and O–H groups in total. The van der Waals surface area contributed by atoms with Gasteiger partial charge in [0.25, 0.3) is 0 Å². The van der Waals surface area contributed by atoms with Crippen molar-refractivity contribution in [1.82, 2.24) is 34.5 Å². The van der Waals surface area contributed by atoms with Gasteiger partial charge in [-0.05, 0) is 25.1 Å². The van der Waals surface area contributed by atoms with Crippen LogP contribution in [0.3, 0.4) is 0 Å². The van der Waals surface area contributed by atoms with Gasteiger partial charge in [0, 0.05) is 32.7 Å². The smallest absolute Gasteiger partial charge is 0.243 e. The Balaban J connectivity index is 1.82. The van der Waals surface area contributed by atoms with Crippen LogP contribution in [0.5, 0.6) is 11.5 Å². The molecule has 0 bridgehead atoms. The van der Waals surface area contributed by atoms with Gasteiger partial charge in [-0.2, -0.15) is 5.10 Å². The molecule has 0 saturated heterocycles. The van der Waals surface area contributed by atoms with E-state index in [1.165, 1.54) is 45.2 Å². The summed E-state index contributed by atoms with van der Waals surface area (Å²) in [4.78, 5) is 8.22. The molecule has 0 radical (unpaired) electrons. The third kappa shape index (κ3) is 5.21. The quantitative estimate of drug-likeness (QED) is 0.313. The third-order valence-corrected chi connectivity index (χ3v) is 7.42. The molecule has 3 heterocycles. The van der Waals surface area contributed by atoms with Gasteiger partial charge >= 0.3 is 0 Å². The standard InChI is InChI=1S/C22H25ClN8O5S/c1-13(19(36-5)20-24-11-14(23)12-25-20)37(32,33)29-22-27-26-21(15-9-10-30(2)28-15)31(22)18-16(34-3)7-6-8-17(18)35-4/h6-13,19H,1-5H3,(H,27,29). The number of nitrogens with one attached hydrogen (secondary N) is 1. The van der Waals surface area contributed by atoms with Gasteiger partial charge in [-0.15, -0.1) is 10.2 Å². The monoisotopic (exact) mass is 548 g/mol. The Morgan fingerprint density at radius 1 is 1.03 bits per heavy atom. The first kappa shape index (κ1) is 26.3. The molecule has 0 spiro atoms. The van der Waals surface area contributed by atoms with Gasteiger partial charge < -0.3 is 14.2 Å². The van der Waals surface area contributed by atoms with Gasteiger partial charge in [0.15, 0.2) is 11.6 Å². The second-order valence-corrected chi connectivity index (χ2v) is 10.3. The molecular weight excluding hydrogens is 524 g/mol. The lowest BCUT2D eigenvalue weighted by atomic mass is 10.2. The number of nitrogens with zero attached hydrogens (tertiary/aromatic N) is 7. The average molecular weight is 549 g/mol. The van der Waals surface area contributed by atoms with E-state index in [4.69, 9.17) is 25.8 Å². The molecule has 2 unspecified atom stereocenters. The fourth-order valence-corrected chi connectivity index (χ4v) is 4.90. The Morgan fingerprint density at radius 2 is 1.68 bits per heavy atom. The van der Waals surface area contributed by atoms with E-state index in [1.807, 2.05) is 0 Å². The summed E-state index contributed by atoms with van der Waals surface area (Å²) in [6.45, 7) is 1.47. The highest BCUT2D eigenvalue weighted by atomic mass is 35.5. The number of hydrogen-bond donors (Lipinski definition) is 1. The van der Waals surface area contributed by atoms with Crippen LogP contribution >= 0.6 is 11.6 Å². The van der Waals surface area contributed by atoms with Crippen LogP contribution < -0.4 is 14.2 Å². The van der Waals surface area contributed by atoms with Crippen molar-refractivity contribution >= 4 is 27.6 Å². The molecule has 37 heavy (non-hydrogen) atoms. The van der Waals surface area contributed by atoms with Gasteiger partial charge in [-0.1, -0.05) is 17.7 Å². The number of ether oxygens (including phenoxy) is 3. The maximum absolute atomic E-state index is 13.5. The molecule has 0 aliphatic rings. The lowest BCUT2D eigenvalue weighted by Crippen LogP contribution is -2.33.